The molecule has 0 saturated carbocycles. The van der Waals surface area contributed by atoms with Crippen molar-refractivity contribution in [3.63, 3.8) is 0 Å². The van der Waals surface area contributed by atoms with Gasteiger partial charge in [-0.1, -0.05) is 29.8 Å². The van der Waals surface area contributed by atoms with Crippen LogP contribution in [0.5, 0.6) is 5.75 Å². The lowest BCUT2D eigenvalue weighted by molar-refractivity contribution is 0.0925. The molecule has 1 N–H and O–H groups in total. The monoisotopic (exact) mass is 420 g/mol. The summed E-state index contributed by atoms with van der Waals surface area (Å²) in [6, 6.07) is 18.0. The lowest BCUT2D eigenvalue weighted by Gasteiger charge is -2.15. The van der Waals surface area contributed by atoms with E-state index in [0.717, 1.165) is 4.90 Å². The highest BCUT2D eigenvalue weighted by Gasteiger charge is 2.36. The Morgan fingerprint density at radius 1 is 0.967 bits per heavy atom. The number of carbonyl (C=O) groups excluding carboxylic acids is 3. The molecule has 0 aromatic heterocycles. The molecule has 150 valence electrons. The largest absolute Gasteiger partial charge is 0.492 e. The fourth-order valence-electron chi connectivity index (χ4n) is 3.26. The highest BCUT2D eigenvalue weighted by Crippen LogP contribution is 2.30. The molecule has 0 unspecified atom stereocenters. The Bertz CT molecular complexity index is 1140. The van der Waals surface area contributed by atoms with E-state index in [9.17, 15) is 14.4 Å². The third kappa shape index (κ3) is 3.53. The topological polar surface area (TPSA) is 75.7 Å². The molecule has 1 aliphatic rings. The average molecular weight is 421 g/mol. The Kier molecular flexibility index (Phi) is 5.25. The predicted molar refractivity (Wildman–Crippen MR) is 115 cm³/mol. The molecule has 0 atom stereocenters. The number of nitrogens with zero attached hydrogens (tertiary/aromatic N) is 1. The first kappa shape index (κ1) is 19.7. The van der Waals surface area contributed by atoms with E-state index in [-0.39, 0.29) is 5.91 Å². The van der Waals surface area contributed by atoms with Gasteiger partial charge in [-0.25, -0.2) is 4.90 Å². The fraction of sp³-hybridized carbons (Fsp3) is 0.0870. The molecule has 0 spiro atoms. The second-order valence-electron chi connectivity index (χ2n) is 6.57. The van der Waals surface area contributed by atoms with E-state index in [1.165, 1.54) is 6.07 Å². The van der Waals surface area contributed by atoms with Crippen molar-refractivity contribution < 1.29 is 19.1 Å². The summed E-state index contributed by atoms with van der Waals surface area (Å²) in [6.45, 7) is 2.31. The van der Waals surface area contributed by atoms with Crippen molar-refractivity contribution in [1.29, 1.82) is 0 Å². The highest BCUT2D eigenvalue weighted by molar-refractivity contribution is 6.34. The third-order valence-electron chi connectivity index (χ3n) is 4.65. The predicted octanol–water partition coefficient (Wildman–Crippen LogP) is 4.79. The summed E-state index contributed by atoms with van der Waals surface area (Å²) in [6.07, 6.45) is 0. The summed E-state index contributed by atoms with van der Waals surface area (Å²) in [5.41, 5.74) is 1.90. The molecule has 3 aromatic rings. The molecule has 0 fully saturated rings. The molecule has 7 heteroatoms. The van der Waals surface area contributed by atoms with Crippen LogP contribution in [0.4, 0.5) is 11.4 Å². The minimum Gasteiger partial charge on any atom is -0.492 e. The SMILES string of the molecule is CCOc1ccc(C(=O)Nc2cccc(N3C(=O)c4ccccc4C3=O)c2)cc1Cl. The van der Waals surface area contributed by atoms with Crippen LogP contribution >= 0.6 is 11.6 Å². The molecule has 3 aromatic carbocycles. The zero-order chi connectivity index (χ0) is 21.3. The maximum Gasteiger partial charge on any atom is 0.266 e. The van der Waals surface area contributed by atoms with E-state index in [1.54, 1.807) is 60.7 Å². The van der Waals surface area contributed by atoms with Gasteiger partial charge in [0.05, 0.1) is 28.4 Å². The van der Waals surface area contributed by atoms with Crippen molar-refractivity contribution in [2.45, 2.75) is 6.92 Å². The van der Waals surface area contributed by atoms with Crippen LogP contribution in [0.3, 0.4) is 0 Å². The van der Waals surface area contributed by atoms with Gasteiger partial charge in [-0.05, 0) is 55.5 Å². The van der Waals surface area contributed by atoms with Crippen molar-refractivity contribution in [2.24, 2.45) is 0 Å². The standard InChI is InChI=1S/C23H17ClN2O4/c1-2-30-20-11-10-14(12-19(20)24)21(27)25-15-6-5-7-16(13-15)26-22(28)17-8-3-4-9-18(17)23(26)29/h3-13H,2H2,1H3,(H,25,27). The zero-order valence-corrected chi connectivity index (χ0v) is 16.8. The van der Waals surface area contributed by atoms with Gasteiger partial charge in [0, 0.05) is 11.3 Å². The van der Waals surface area contributed by atoms with Crippen LogP contribution in [0.15, 0.2) is 66.7 Å². The number of amides is 3. The number of rotatable bonds is 5. The molecule has 30 heavy (non-hydrogen) atoms. The Labute approximate surface area is 178 Å². The van der Waals surface area contributed by atoms with Gasteiger partial charge in [0.25, 0.3) is 17.7 Å². The molecule has 0 bridgehead atoms. The van der Waals surface area contributed by atoms with Crippen LogP contribution in [-0.4, -0.2) is 24.3 Å². The van der Waals surface area contributed by atoms with Crippen LogP contribution < -0.4 is 15.0 Å². The van der Waals surface area contributed by atoms with Crippen LogP contribution in [0.25, 0.3) is 0 Å². The molecule has 6 nitrogen and oxygen atoms in total. The molecular formula is C23H17ClN2O4. The Balaban J connectivity index is 1.56. The summed E-state index contributed by atoms with van der Waals surface area (Å²) in [4.78, 5) is 39.1. The summed E-state index contributed by atoms with van der Waals surface area (Å²) >= 11 is 6.16. The maximum absolute atomic E-state index is 12.7. The Morgan fingerprint density at radius 2 is 1.67 bits per heavy atom. The molecule has 3 amide bonds. The minimum absolute atomic E-state index is 0.337. The second kappa shape index (κ2) is 8.00. The lowest BCUT2D eigenvalue weighted by Crippen LogP contribution is -2.29. The summed E-state index contributed by atoms with van der Waals surface area (Å²) in [7, 11) is 0. The summed E-state index contributed by atoms with van der Waals surface area (Å²) < 4.78 is 5.38. The first-order valence-corrected chi connectivity index (χ1v) is 9.69. The van der Waals surface area contributed by atoms with E-state index in [1.807, 2.05) is 6.92 Å². The van der Waals surface area contributed by atoms with Gasteiger partial charge in [-0.2, -0.15) is 0 Å². The first-order valence-electron chi connectivity index (χ1n) is 9.31. The van der Waals surface area contributed by atoms with E-state index in [2.05, 4.69) is 5.32 Å². The highest BCUT2D eigenvalue weighted by atomic mass is 35.5. The van der Waals surface area contributed by atoms with Gasteiger partial charge in [-0.15, -0.1) is 0 Å². The minimum atomic E-state index is -0.391. The molecule has 0 radical (unpaired) electrons. The zero-order valence-electron chi connectivity index (χ0n) is 16.0. The number of ether oxygens (including phenoxy) is 1. The number of imide groups is 1. The average Bonchev–Trinajstić information content (AvgIpc) is 3.00. The quantitative estimate of drug-likeness (QED) is 0.602. The van der Waals surface area contributed by atoms with Crippen LogP contribution in [0.1, 0.15) is 38.0 Å². The lowest BCUT2D eigenvalue weighted by atomic mass is 10.1. The number of hydrogen-bond donors (Lipinski definition) is 1. The van der Waals surface area contributed by atoms with Crippen molar-refractivity contribution in [2.75, 3.05) is 16.8 Å². The summed E-state index contributed by atoms with van der Waals surface area (Å²) in [5, 5.41) is 3.10. The van der Waals surface area contributed by atoms with E-state index in [4.69, 9.17) is 16.3 Å². The first-order chi connectivity index (χ1) is 14.5. The number of anilines is 2. The Morgan fingerprint density at radius 3 is 2.30 bits per heavy atom. The van der Waals surface area contributed by atoms with Crippen LogP contribution in [0.2, 0.25) is 5.02 Å². The maximum atomic E-state index is 12.7. The van der Waals surface area contributed by atoms with Gasteiger partial charge in [-0.3, -0.25) is 14.4 Å². The van der Waals surface area contributed by atoms with E-state index < -0.39 is 11.8 Å². The number of halogens is 1. The fourth-order valence-corrected chi connectivity index (χ4v) is 3.50. The smallest absolute Gasteiger partial charge is 0.266 e. The molecule has 0 saturated heterocycles. The molecule has 0 aliphatic carbocycles. The van der Waals surface area contributed by atoms with E-state index >= 15 is 0 Å². The van der Waals surface area contributed by atoms with Crippen molar-refractivity contribution >= 4 is 40.7 Å². The van der Waals surface area contributed by atoms with Crippen molar-refractivity contribution in [1.82, 2.24) is 0 Å². The van der Waals surface area contributed by atoms with Crippen molar-refractivity contribution in [3.8, 4) is 5.75 Å². The number of carbonyl (C=O) groups is 3. The van der Waals surface area contributed by atoms with Crippen molar-refractivity contribution in [3.05, 3.63) is 88.4 Å². The van der Waals surface area contributed by atoms with Crippen LogP contribution in [0, 0.1) is 0 Å². The van der Waals surface area contributed by atoms with Gasteiger partial charge in [0.15, 0.2) is 0 Å². The Hall–Kier alpha value is -3.64. The third-order valence-corrected chi connectivity index (χ3v) is 4.95. The molecular weight excluding hydrogens is 404 g/mol. The summed E-state index contributed by atoms with van der Waals surface area (Å²) in [5.74, 6) is -0.655. The molecule has 4 rings (SSSR count). The number of benzene rings is 3. The van der Waals surface area contributed by atoms with Gasteiger partial charge in [0.2, 0.25) is 0 Å². The number of fused-ring (bicyclic) bond motifs is 1. The molecule has 1 heterocycles. The normalized spacial score (nSPS) is 12.7. The van der Waals surface area contributed by atoms with Gasteiger partial charge < -0.3 is 10.1 Å². The second-order valence-corrected chi connectivity index (χ2v) is 6.98. The number of hydrogen-bond acceptors (Lipinski definition) is 4. The van der Waals surface area contributed by atoms with Crippen LogP contribution in [-0.2, 0) is 0 Å². The number of nitrogens with one attached hydrogen (secondary N) is 1. The van der Waals surface area contributed by atoms with Gasteiger partial charge in [0.1, 0.15) is 5.75 Å². The molecule has 1 aliphatic heterocycles. The van der Waals surface area contributed by atoms with Gasteiger partial charge >= 0.3 is 0 Å². The van der Waals surface area contributed by atoms with E-state index in [0.29, 0.717) is 45.4 Å².